The van der Waals surface area contributed by atoms with Gasteiger partial charge in [-0.25, -0.2) is 0 Å². The molecule has 1 aliphatic heterocycles. The van der Waals surface area contributed by atoms with Gasteiger partial charge in [0.15, 0.2) is 6.29 Å². The van der Waals surface area contributed by atoms with Gasteiger partial charge in [-0.05, 0) is 57.8 Å². The fourth-order valence-corrected chi connectivity index (χ4v) is 6.10. The first-order valence-electron chi connectivity index (χ1n) is 20.2. The van der Waals surface area contributed by atoms with Crippen LogP contribution in [-0.2, 0) is 14.3 Å². The summed E-state index contributed by atoms with van der Waals surface area (Å²) in [6, 6.07) is -0.819. The molecule has 1 heterocycles. The lowest BCUT2D eigenvalue weighted by atomic mass is 9.99. The molecule has 292 valence electrons. The number of aliphatic hydroxyl groups is 5. The van der Waals surface area contributed by atoms with Crippen molar-refractivity contribution in [1.29, 1.82) is 0 Å². The molecule has 0 aliphatic carbocycles. The highest BCUT2D eigenvalue weighted by Gasteiger charge is 2.44. The van der Waals surface area contributed by atoms with Gasteiger partial charge < -0.3 is 40.3 Å². The number of ether oxygens (including phenoxy) is 2. The van der Waals surface area contributed by atoms with Gasteiger partial charge in [-0.2, -0.15) is 0 Å². The molecule has 1 rings (SSSR count). The number of carbonyl (C=O) groups excluding carboxylic acids is 1. The molecular formula is C41H75NO8. The maximum absolute atomic E-state index is 12.9. The molecule has 0 aromatic heterocycles. The Bertz CT molecular complexity index is 879. The summed E-state index contributed by atoms with van der Waals surface area (Å²) in [5.41, 5.74) is 0. The normalized spacial score (nSPS) is 22.6. The highest BCUT2D eigenvalue weighted by molar-refractivity contribution is 5.76. The van der Waals surface area contributed by atoms with Crippen molar-refractivity contribution in [2.24, 2.45) is 0 Å². The molecule has 2 unspecified atom stereocenters. The molecule has 7 atom stereocenters. The standard InChI is InChI=1S/C41H75NO8/c1-3-5-7-9-11-13-15-16-17-18-19-20-21-23-25-27-29-31-37(45)42-34(33-49-41-40(48)39(47)38(46)36(32-43)50-41)35(44)30-28-26-24-22-14-12-10-8-6-4-2/h14,16-17,22,28,30,34-36,38-41,43-44,46-48H,3-13,15,18-21,23-27,29,31-33H2,1-2H3,(H,42,45)/b17-16+,22-14+,30-28+/t34-,35+,36-,38-,39?,40?,41-/m0/s1. The fourth-order valence-electron chi connectivity index (χ4n) is 6.10. The number of allylic oxidation sites excluding steroid dienone is 5. The van der Waals surface area contributed by atoms with E-state index in [2.05, 4.69) is 43.5 Å². The van der Waals surface area contributed by atoms with Crippen LogP contribution < -0.4 is 5.32 Å². The zero-order valence-corrected chi connectivity index (χ0v) is 31.6. The summed E-state index contributed by atoms with van der Waals surface area (Å²) >= 11 is 0. The Morgan fingerprint density at radius 2 is 1.14 bits per heavy atom. The van der Waals surface area contributed by atoms with Crippen molar-refractivity contribution in [3.05, 3.63) is 36.5 Å². The third kappa shape index (κ3) is 23.1. The second-order valence-electron chi connectivity index (χ2n) is 14.1. The lowest BCUT2D eigenvalue weighted by molar-refractivity contribution is -0.302. The Morgan fingerprint density at radius 1 is 0.660 bits per heavy atom. The Kier molecular flexibility index (Phi) is 29.8. The molecule has 0 bridgehead atoms. The molecule has 0 radical (unpaired) electrons. The van der Waals surface area contributed by atoms with E-state index in [4.69, 9.17) is 9.47 Å². The second kappa shape index (κ2) is 32.1. The van der Waals surface area contributed by atoms with E-state index >= 15 is 0 Å². The van der Waals surface area contributed by atoms with E-state index < -0.39 is 49.5 Å². The summed E-state index contributed by atoms with van der Waals surface area (Å²) in [5, 5.41) is 53.8. The number of rotatable bonds is 32. The van der Waals surface area contributed by atoms with E-state index in [1.165, 1.54) is 89.9 Å². The van der Waals surface area contributed by atoms with Gasteiger partial charge in [0.25, 0.3) is 0 Å². The van der Waals surface area contributed by atoms with Crippen molar-refractivity contribution in [2.45, 2.75) is 204 Å². The minimum absolute atomic E-state index is 0.196. The van der Waals surface area contributed by atoms with Crippen LogP contribution in [0, 0.1) is 0 Å². The summed E-state index contributed by atoms with van der Waals surface area (Å²) < 4.78 is 11.1. The Hall–Kier alpha value is -1.59. The van der Waals surface area contributed by atoms with E-state index in [0.717, 1.165) is 51.4 Å². The van der Waals surface area contributed by atoms with Gasteiger partial charge in [0.1, 0.15) is 24.4 Å². The first-order valence-corrected chi connectivity index (χ1v) is 20.2. The molecule has 0 saturated carbocycles. The maximum Gasteiger partial charge on any atom is 0.220 e. The molecular weight excluding hydrogens is 634 g/mol. The molecule has 0 aromatic rings. The summed E-state index contributed by atoms with van der Waals surface area (Å²) in [6.45, 7) is 3.69. The zero-order chi connectivity index (χ0) is 36.7. The summed E-state index contributed by atoms with van der Waals surface area (Å²) in [7, 11) is 0. The number of hydrogen-bond acceptors (Lipinski definition) is 8. The number of carbonyl (C=O) groups is 1. The molecule has 1 saturated heterocycles. The van der Waals surface area contributed by atoms with E-state index in [-0.39, 0.29) is 12.5 Å². The topological polar surface area (TPSA) is 149 Å². The smallest absolute Gasteiger partial charge is 0.220 e. The van der Waals surface area contributed by atoms with Crippen molar-refractivity contribution in [3.63, 3.8) is 0 Å². The third-order valence-corrected chi connectivity index (χ3v) is 9.44. The van der Waals surface area contributed by atoms with Crippen LogP contribution in [0.3, 0.4) is 0 Å². The summed E-state index contributed by atoms with van der Waals surface area (Å²) in [4.78, 5) is 12.9. The van der Waals surface area contributed by atoms with Gasteiger partial charge in [0, 0.05) is 6.42 Å². The molecule has 1 aliphatic rings. The highest BCUT2D eigenvalue weighted by Crippen LogP contribution is 2.22. The Morgan fingerprint density at radius 3 is 1.70 bits per heavy atom. The van der Waals surface area contributed by atoms with Crippen LogP contribution in [0.15, 0.2) is 36.5 Å². The SMILES string of the molecule is CCCCCC/C=C/CC/C=C/[C@@H](O)[C@H](CO[C@H]1O[C@@H](CO)[C@H](O)C(O)C1O)NC(=O)CCCCCCCCC/C=C/CCCCCCCC. The predicted octanol–water partition coefficient (Wildman–Crippen LogP) is 7.33. The molecule has 9 nitrogen and oxygen atoms in total. The number of aliphatic hydroxyl groups excluding tert-OH is 5. The average Bonchev–Trinajstić information content (AvgIpc) is 3.11. The van der Waals surface area contributed by atoms with E-state index in [0.29, 0.717) is 6.42 Å². The first kappa shape index (κ1) is 46.4. The second-order valence-corrected chi connectivity index (χ2v) is 14.1. The predicted molar refractivity (Wildman–Crippen MR) is 203 cm³/mol. The van der Waals surface area contributed by atoms with E-state index in [1.807, 2.05) is 6.08 Å². The van der Waals surface area contributed by atoms with Crippen molar-refractivity contribution in [2.75, 3.05) is 13.2 Å². The maximum atomic E-state index is 12.9. The van der Waals surface area contributed by atoms with Crippen LogP contribution >= 0.6 is 0 Å². The molecule has 0 aromatic carbocycles. The van der Waals surface area contributed by atoms with Crippen LogP contribution in [0.2, 0.25) is 0 Å². The van der Waals surface area contributed by atoms with Crippen LogP contribution in [0.4, 0.5) is 0 Å². The van der Waals surface area contributed by atoms with Crippen LogP contribution in [0.5, 0.6) is 0 Å². The van der Waals surface area contributed by atoms with Gasteiger partial charge in [-0.3, -0.25) is 4.79 Å². The quantitative estimate of drug-likeness (QED) is 0.0314. The van der Waals surface area contributed by atoms with Gasteiger partial charge in [-0.15, -0.1) is 0 Å². The largest absolute Gasteiger partial charge is 0.394 e. The summed E-state index contributed by atoms with van der Waals surface area (Å²) in [5.74, 6) is -0.196. The van der Waals surface area contributed by atoms with Gasteiger partial charge in [0.05, 0.1) is 25.4 Å². The zero-order valence-electron chi connectivity index (χ0n) is 31.6. The first-order chi connectivity index (χ1) is 24.3. The van der Waals surface area contributed by atoms with Crippen LogP contribution in [0.1, 0.15) is 162 Å². The van der Waals surface area contributed by atoms with Crippen molar-refractivity contribution >= 4 is 5.91 Å². The highest BCUT2D eigenvalue weighted by atomic mass is 16.7. The van der Waals surface area contributed by atoms with Gasteiger partial charge in [0.2, 0.25) is 5.91 Å². The Balaban J connectivity index is 2.41. The number of unbranched alkanes of at least 4 members (excludes halogenated alkanes) is 18. The third-order valence-electron chi connectivity index (χ3n) is 9.44. The average molecular weight is 710 g/mol. The minimum Gasteiger partial charge on any atom is -0.394 e. The Labute approximate surface area is 304 Å². The van der Waals surface area contributed by atoms with Crippen LogP contribution in [0.25, 0.3) is 0 Å². The minimum atomic E-state index is -1.57. The van der Waals surface area contributed by atoms with Crippen molar-refractivity contribution < 1.29 is 39.8 Å². The molecule has 1 fully saturated rings. The number of amides is 1. The number of hydrogen-bond donors (Lipinski definition) is 6. The number of nitrogens with one attached hydrogen (secondary N) is 1. The molecule has 6 N–H and O–H groups in total. The van der Waals surface area contributed by atoms with Crippen LogP contribution in [-0.4, -0.2) is 87.5 Å². The molecule has 50 heavy (non-hydrogen) atoms. The lowest BCUT2D eigenvalue weighted by Gasteiger charge is -2.40. The van der Waals surface area contributed by atoms with Crippen molar-refractivity contribution in [3.8, 4) is 0 Å². The van der Waals surface area contributed by atoms with Gasteiger partial charge >= 0.3 is 0 Å². The summed E-state index contributed by atoms with van der Waals surface area (Å²) in [6.07, 6.45) is 30.5. The van der Waals surface area contributed by atoms with E-state index in [1.54, 1.807) is 6.08 Å². The van der Waals surface area contributed by atoms with Crippen molar-refractivity contribution in [1.82, 2.24) is 5.32 Å². The fraction of sp³-hybridized carbons (Fsp3) is 0.829. The van der Waals surface area contributed by atoms with Gasteiger partial charge in [-0.1, -0.05) is 134 Å². The molecule has 1 amide bonds. The lowest BCUT2D eigenvalue weighted by Crippen LogP contribution is -2.60. The molecule has 9 heteroatoms. The molecule has 0 spiro atoms. The van der Waals surface area contributed by atoms with E-state index in [9.17, 15) is 30.3 Å². The monoisotopic (exact) mass is 710 g/mol.